The largest absolute Gasteiger partial charge is 0.318 e. The molecule has 0 unspecified atom stereocenters. The van der Waals surface area contributed by atoms with E-state index in [2.05, 4.69) is 71.4 Å². The van der Waals surface area contributed by atoms with Gasteiger partial charge in [-0.05, 0) is 45.9 Å². The van der Waals surface area contributed by atoms with Gasteiger partial charge in [0.15, 0.2) is 5.65 Å². The normalized spacial score (nSPS) is 12.3. The molecule has 9 heteroatoms. The summed E-state index contributed by atoms with van der Waals surface area (Å²) in [5, 5.41) is 4.77. The Morgan fingerprint density at radius 1 is 0.638 bits per heavy atom. The Hall–Kier alpha value is -5.54. The Labute approximate surface area is 274 Å². The van der Waals surface area contributed by atoms with E-state index in [-0.39, 0.29) is 16.1 Å². The van der Waals surface area contributed by atoms with E-state index >= 15 is 0 Å². The van der Waals surface area contributed by atoms with Gasteiger partial charge in [0.05, 0.1) is 11.2 Å². The fourth-order valence-electron chi connectivity index (χ4n) is 6.05. The molecule has 0 aliphatic rings. The molecule has 0 bridgehead atoms. The van der Waals surface area contributed by atoms with E-state index in [0.717, 1.165) is 22.3 Å². The van der Waals surface area contributed by atoms with Crippen LogP contribution in [0.1, 0.15) is 43.0 Å². The molecule has 3 heterocycles. The minimum atomic E-state index is -3.89. The van der Waals surface area contributed by atoms with E-state index in [1.165, 1.54) is 4.52 Å². The van der Waals surface area contributed by atoms with Crippen LogP contribution in [0.4, 0.5) is 5.82 Å². The number of rotatable bonds is 8. The molecule has 0 amide bonds. The molecule has 0 fully saturated rings. The number of anilines is 1. The second-order valence-electron chi connectivity index (χ2n) is 12.5. The lowest BCUT2D eigenvalue weighted by atomic mass is 9.77. The van der Waals surface area contributed by atoms with Crippen LogP contribution in [-0.2, 0) is 21.0 Å². The fraction of sp³-hybridized carbons (Fsp3) is 0.132. The molecular formula is C38H34N6O2S. The van der Waals surface area contributed by atoms with Crippen molar-refractivity contribution in [3.8, 4) is 11.4 Å². The van der Waals surface area contributed by atoms with Crippen LogP contribution >= 0.6 is 0 Å². The highest BCUT2D eigenvalue weighted by molar-refractivity contribution is 7.92. The predicted octanol–water partition coefficient (Wildman–Crippen LogP) is 7.53. The number of aromatic nitrogens is 5. The molecule has 0 saturated carbocycles. The minimum Gasteiger partial charge on any atom is -0.318 e. The second-order valence-corrected chi connectivity index (χ2v) is 14.2. The van der Waals surface area contributed by atoms with Gasteiger partial charge in [-0.3, -0.25) is 4.72 Å². The topological polar surface area (TPSA) is 94.2 Å². The predicted molar refractivity (Wildman–Crippen MR) is 185 cm³/mol. The van der Waals surface area contributed by atoms with E-state index in [9.17, 15) is 8.42 Å². The summed E-state index contributed by atoms with van der Waals surface area (Å²) in [7, 11) is -3.89. The van der Waals surface area contributed by atoms with Gasteiger partial charge in [-0.2, -0.15) is 9.61 Å². The van der Waals surface area contributed by atoms with Gasteiger partial charge in [0.1, 0.15) is 22.7 Å². The van der Waals surface area contributed by atoms with Crippen LogP contribution in [0.2, 0.25) is 0 Å². The molecule has 0 radical (unpaired) electrons. The van der Waals surface area contributed by atoms with Crippen molar-refractivity contribution in [1.29, 1.82) is 0 Å². The van der Waals surface area contributed by atoms with Gasteiger partial charge in [-0.1, -0.05) is 124 Å². The van der Waals surface area contributed by atoms with E-state index in [4.69, 9.17) is 10.1 Å². The average Bonchev–Trinajstić information content (AvgIpc) is 3.75. The van der Waals surface area contributed by atoms with Crippen molar-refractivity contribution < 1.29 is 8.42 Å². The number of sulfonamides is 1. The van der Waals surface area contributed by atoms with Crippen molar-refractivity contribution in [3.05, 3.63) is 168 Å². The van der Waals surface area contributed by atoms with Crippen molar-refractivity contribution in [2.45, 2.75) is 36.6 Å². The van der Waals surface area contributed by atoms with Crippen molar-refractivity contribution in [3.63, 3.8) is 0 Å². The molecule has 0 saturated heterocycles. The van der Waals surface area contributed by atoms with E-state index in [0.29, 0.717) is 17.0 Å². The Bertz CT molecular complexity index is 2160. The summed E-state index contributed by atoms with van der Waals surface area (Å²) in [4.78, 5) is 9.45. The first kappa shape index (κ1) is 30.1. The second kappa shape index (κ2) is 11.7. The summed E-state index contributed by atoms with van der Waals surface area (Å²) in [6, 6.07) is 41.4. The zero-order valence-electron chi connectivity index (χ0n) is 26.3. The van der Waals surface area contributed by atoms with Crippen molar-refractivity contribution in [1.82, 2.24) is 24.1 Å². The third kappa shape index (κ3) is 5.48. The van der Waals surface area contributed by atoms with Gasteiger partial charge < -0.3 is 4.57 Å². The molecule has 0 atom stereocenters. The SMILES string of the molecule is CC(C)(C)c1ccc(S(=O)(=O)Nc2ccnc3cc(-c4cn(C(c5ccccc5)(c5ccccc5)c5ccccc5)cn4)nn23)cc1. The van der Waals surface area contributed by atoms with Gasteiger partial charge >= 0.3 is 0 Å². The maximum atomic E-state index is 13.4. The van der Waals surface area contributed by atoms with E-state index in [1.807, 2.05) is 79.3 Å². The number of nitrogens with zero attached hydrogens (tertiary/aromatic N) is 5. The Morgan fingerprint density at radius 3 is 1.72 bits per heavy atom. The third-order valence-electron chi connectivity index (χ3n) is 8.43. The van der Waals surface area contributed by atoms with Gasteiger partial charge in [-0.15, -0.1) is 0 Å². The molecular weight excluding hydrogens is 605 g/mol. The van der Waals surface area contributed by atoms with Crippen LogP contribution in [0, 0.1) is 0 Å². The molecule has 1 N–H and O–H groups in total. The van der Waals surface area contributed by atoms with Crippen molar-refractivity contribution in [2.24, 2.45) is 0 Å². The van der Waals surface area contributed by atoms with Gasteiger partial charge in [0, 0.05) is 18.5 Å². The van der Waals surface area contributed by atoms with Crippen LogP contribution in [0.3, 0.4) is 0 Å². The maximum Gasteiger partial charge on any atom is 0.263 e. The quantitative estimate of drug-likeness (QED) is 0.174. The lowest BCUT2D eigenvalue weighted by Gasteiger charge is -2.37. The highest BCUT2D eigenvalue weighted by atomic mass is 32.2. The Balaban J connectivity index is 1.30. The molecule has 7 rings (SSSR count). The smallest absolute Gasteiger partial charge is 0.263 e. The number of benzene rings is 4. The van der Waals surface area contributed by atoms with E-state index < -0.39 is 15.6 Å². The molecule has 0 aliphatic heterocycles. The first-order valence-corrected chi connectivity index (χ1v) is 16.8. The summed E-state index contributed by atoms with van der Waals surface area (Å²) in [6.45, 7) is 6.27. The first-order chi connectivity index (χ1) is 22.7. The molecule has 0 aliphatic carbocycles. The molecule has 0 spiro atoms. The molecule has 47 heavy (non-hydrogen) atoms. The summed E-state index contributed by atoms with van der Waals surface area (Å²) in [5.74, 6) is 0.271. The molecule has 7 aromatic rings. The van der Waals surface area contributed by atoms with Crippen LogP contribution < -0.4 is 4.72 Å². The highest BCUT2D eigenvalue weighted by Crippen LogP contribution is 2.41. The van der Waals surface area contributed by atoms with Crippen molar-refractivity contribution in [2.75, 3.05) is 4.72 Å². The van der Waals surface area contributed by atoms with Crippen LogP contribution in [0.15, 0.2) is 151 Å². The van der Waals surface area contributed by atoms with Crippen LogP contribution in [0.5, 0.6) is 0 Å². The summed E-state index contributed by atoms with van der Waals surface area (Å²) < 4.78 is 33.1. The lowest BCUT2D eigenvalue weighted by Crippen LogP contribution is -2.36. The Kier molecular flexibility index (Phi) is 7.48. The van der Waals surface area contributed by atoms with Crippen LogP contribution in [0.25, 0.3) is 17.0 Å². The zero-order valence-corrected chi connectivity index (χ0v) is 27.1. The number of imidazole rings is 1. The zero-order chi connectivity index (χ0) is 32.6. The number of hydrogen-bond donors (Lipinski definition) is 1. The van der Waals surface area contributed by atoms with Gasteiger partial charge in [0.2, 0.25) is 0 Å². The van der Waals surface area contributed by atoms with Gasteiger partial charge in [-0.25, -0.2) is 18.4 Å². The molecule has 3 aromatic heterocycles. The lowest BCUT2D eigenvalue weighted by molar-refractivity contribution is 0.515. The summed E-state index contributed by atoms with van der Waals surface area (Å²) in [5.41, 5.74) is 5.12. The van der Waals surface area contributed by atoms with Crippen LogP contribution in [-0.4, -0.2) is 32.6 Å². The standard InChI is InChI=1S/C38H34N6O2S/c1-37(2,3)28-19-21-32(22-20-28)47(45,46)42-35-23-24-39-36-25-33(41-44(35)36)34-26-43(27-40-34)38(29-13-7-4-8-14-29,30-15-9-5-10-16-30)31-17-11-6-12-18-31/h4-27,42H,1-3H3. The monoisotopic (exact) mass is 638 g/mol. The average molecular weight is 639 g/mol. The molecule has 234 valence electrons. The number of nitrogens with one attached hydrogen (secondary N) is 1. The highest BCUT2D eigenvalue weighted by Gasteiger charge is 2.38. The number of fused-ring (bicyclic) bond motifs is 1. The van der Waals surface area contributed by atoms with Crippen molar-refractivity contribution >= 4 is 21.5 Å². The summed E-state index contributed by atoms with van der Waals surface area (Å²) in [6.07, 6.45) is 5.37. The Morgan fingerprint density at radius 2 is 1.19 bits per heavy atom. The summed E-state index contributed by atoms with van der Waals surface area (Å²) >= 11 is 0. The maximum absolute atomic E-state index is 13.4. The molecule has 4 aromatic carbocycles. The van der Waals surface area contributed by atoms with E-state index in [1.54, 1.807) is 30.5 Å². The number of hydrogen-bond acceptors (Lipinski definition) is 5. The third-order valence-corrected chi connectivity index (χ3v) is 9.81. The minimum absolute atomic E-state index is 0.0889. The van der Waals surface area contributed by atoms with Gasteiger partial charge in [0.25, 0.3) is 10.0 Å². The first-order valence-electron chi connectivity index (χ1n) is 15.4. The fourth-order valence-corrected chi connectivity index (χ4v) is 7.09. The molecule has 8 nitrogen and oxygen atoms in total.